The number of hydrogen-bond donors (Lipinski definition) is 1. The molecule has 4 aromatic rings. The molecule has 4 rings (SSSR count). The third-order valence-electron chi connectivity index (χ3n) is 4.40. The molecule has 0 amide bonds. The van der Waals surface area contributed by atoms with E-state index < -0.39 is 5.95 Å². The molecule has 0 aliphatic rings. The van der Waals surface area contributed by atoms with Gasteiger partial charge in [0, 0.05) is 29.6 Å². The van der Waals surface area contributed by atoms with Crippen molar-refractivity contribution in [1.29, 1.82) is 0 Å². The van der Waals surface area contributed by atoms with Crippen LogP contribution < -0.4 is 9.47 Å². The molecular formula is C22H19FN4O2. The molecule has 7 heteroatoms. The summed E-state index contributed by atoms with van der Waals surface area (Å²) in [6.07, 6.45) is 4.95. The van der Waals surface area contributed by atoms with Crippen LogP contribution in [0.5, 0.6) is 11.5 Å². The van der Waals surface area contributed by atoms with Crippen LogP contribution in [0.25, 0.3) is 22.6 Å². The minimum atomic E-state index is -0.529. The first-order valence-corrected chi connectivity index (χ1v) is 9.02. The van der Waals surface area contributed by atoms with E-state index in [1.54, 1.807) is 19.4 Å². The lowest BCUT2D eigenvalue weighted by molar-refractivity contribution is 0.299. The molecule has 0 saturated carbocycles. The molecule has 3 heterocycles. The van der Waals surface area contributed by atoms with Gasteiger partial charge in [0.1, 0.15) is 23.9 Å². The summed E-state index contributed by atoms with van der Waals surface area (Å²) < 4.78 is 24.4. The predicted molar refractivity (Wildman–Crippen MR) is 107 cm³/mol. The number of aromatic amines is 1. The first-order valence-electron chi connectivity index (χ1n) is 9.02. The average molecular weight is 390 g/mol. The van der Waals surface area contributed by atoms with Crippen LogP contribution in [-0.2, 0) is 6.61 Å². The molecule has 0 aliphatic carbocycles. The highest BCUT2D eigenvalue weighted by Gasteiger charge is 2.12. The van der Waals surface area contributed by atoms with E-state index in [0.717, 1.165) is 22.5 Å². The summed E-state index contributed by atoms with van der Waals surface area (Å²) in [5.41, 5.74) is 4.26. The topological polar surface area (TPSA) is 72.9 Å². The number of aryl methyl sites for hydroxylation is 1. The van der Waals surface area contributed by atoms with Gasteiger partial charge in [-0.3, -0.25) is 4.98 Å². The van der Waals surface area contributed by atoms with Gasteiger partial charge in [-0.25, -0.2) is 9.97 Å². The highest BCUT2D eigenvalue weighted by molar-refractivity contribution is 5.70. The SMILES string of the molecule is COc1cc(OCc2ccc(C)cn2)ccc1-c1cnc(-c2ccc(F)nc2)[nH]1. The van der Waals surface area contributed by atoms with Gasteiger partial charge in [0.05, 0.1) is 24.7 Å². The van der Waals surface area contributed by atoms with Crippen LogP contribution in [0.3, 0.4) is 0 Å². The number of H-pyrrole nitrogens is 1. The summed E-state index contributed by atoms with van der Waals surface area (Å²) in [5.74, 6) is 1.39. The number of halogens is 1. The third-order valence-corrected chi connectivity index (χ3v) is 4.40. The Morgan fingerprint density at radius 1 is 0.966 bits per heavy atom. The van der Waals surface area contributed by atoms with E-state index in [1.165, 1.54) is 12.3 Å². The van der Waals surface area contributed by atoms with Crippen LogP contribution in [0.4, 0.5) is 4.39 Å². The summed E-state index contributed by atoms with van der Waals surface area (Å²) in [7, 11) is 1.60. The van der Waals surface area contributed by atoms with Gasteiger partial charge in [0.2, 0.25) is 5.95 Å². The molecule has 0 saturated heterocycles. The van der Waals surface area contributed by atoms with E-state index in [2.05, 4.69) is 19.9 Å². The monoisotopic (exact) mass is 390 g/mol. The second-order valence-electron chi connectivity index (χ2n) is 6.49. The smallest absolute Gasteiger partial charge is 0.212 e. The molecule has 0 radical (unpaired) electrons. The Balaban J connectivity index is 1.54. The Morgan fingerprint density at radius 2 is 1.86 bits per heavy atom. The predicted octanol–water partition coefficient (Wildman–Crippen LogP) is 4.57. The molecule has 0 spiro atoms. The summed E-state index contributed by atoms with van der Waals surface area (Å²) in [6, 6.07) is 12.5. The average Bonchev–Trinajstić information content (AvgIpc) is 3.23. The van der Waals surface area contributed by atoms with Crippen LogP contribution in [0.2, 0.25) is 0 Å². The molecule has 6 nitrogen and oxygen atoms in total. The number of nitrogens with one attached hydrogen (secondary N) is 1. The number of imidazole rings is 1. The zero-order chi connectivity index (χ0) is 20.2. The van der Waals surface area contributed by atoms with E-state index in [9.17, 15) is 4.39 Å². The van der Waals surface area contributed by atoms with Crippen molar-refractivity contribution < 1.29 is 13.9 Å². The fourth-order valence-electron chi connectivity index (χ4n) is 2.85. The molecular weight excluding hydrogens is 371 g/mol. The molecule has 0 atom stereocenters. The molecule has 1 aromatic carbocycles. The zero-order valence-electron chi connectivity index (χ0n) is 16.0. The van der Waals surface area contributed by atoms with E-state index in [0.29, 0.717) is 29.5 Å². The molecule has 146 valence electrons. The maximum Gasteiger partial charge on any atom is 0.212 e. The van der Waals surface area contributed by atoms with Crippen molar-refractivity contribution in [3.63, 3.8) is 0 Å². The number of nitrogens with zero attached hydrogens (tertiary/aromatic N) is 3. The van der Waals surface area contributed by atoms with Gasteiger partial charge in [-0.2, -0.15) is 4.39 Å². The number of ether oxygens (including phenoxy) is 2. The summed E-state index contributed by atoms with van der Waals surface area (Å²) in [6.45, 7) is 2.36. The first-order chi connectivity index (χ1) is 14.1. The Bertz CT molecular complexity index is 1110. The van der Waals surface area contributed by atoms with E-state index in [4.69, 9.17) is 9.47 Å². The summed E-state index contributed by atoms with van der Waals surface area (Å²) in [4.78, 5) is 15.6. The van der Waals surface area contributed by atoms with Crippen LogP contribution in [-0.4, -0.2) is 27.0 Å². The Morgan fingerprint density at radius 3 is 2.59 bits per heavy atom. The highest BCUT2D eigenvalue weighted by Crippen LogP contribution is 2.33. The second kappa shape index (κ2) is 8.10. The lowest BCUT2D eigenvalue weighted by Gasteiger charge is -2.11. The lowest BCUT2D eigenvalue weighted by atomic mass is 10.1. The molecule has 0 bridgehead atoms. The van der Waals surface area contributed by atoms with Crippen LogP contribution in [0, 0.1) is 12.9 Å². The maximum atomic E-state index is 13.0. The number of rotatable bonds is 6. The first kappa shape index (κ1) is 18.6. The van der Waals surface area contributed by atoms with Gasteiger partial charge < -0.3 is 14.5 Å². The quantitative estimate of drug-likeness (QED) is 0.488. The molecule has 0 fully saturated rings. The van der Waals surface area contributed by atoms with Crippen molar-refractivity contribution in [2.24, 2.45) is 0 Å². The Kier molecular flexibility index (Phi) is 5.20. The van der Waals surface area contributed by atoms with Crippen molar-refractivity contribution in [3.05, 3.63) is 78.3 Å². The molecule has 3 aromatic heterocycles. The number of pyridine rings is 2. The lowest BCUT2D eigenvalue weighted by Crippen LogP contribution is -1.99. The highest BCUT2D eigenvalue weighted by atomic mass is 19.1. The minimum absolute atomic E-state index is 0.370. The van der Waals surface area contributed by atoms with Crippen molar-refractivity contribution >= 4 is 0 Å². The van der Waals surface area contributed by atoms with E-state index in [-0.39, 0.29) is 0 Å². The Labute approximate surface area is 167 Å². The van der Waals surface area contributed by atoms with Gasteiger partial charge in [0.25, 0.3) is 0 Å². The largest absolute Gasteiger partial charge is 0.496 e. The fraction of sp³-hybridized carbons (Fsp3) is 0.136. The van der Waals surface area contributed by atoms with E-state index >= 15 is 0 Å². The zero-order valence-corrected chi connectivity index (χ0v) is 16.0. The van der Waals surface area contributed by atoms with Crippen molar-refractivity contribution in [1.82, 2.24) is 19.9 Å². The van der Waals surface area contributed by atoms with Gasteiger partial charge in [-0.1, -0.05) is 6.07 Å². The van der Waals surface area contributed by atoms with Gasteiger partial charge in [-0.05, 0) is 42.8 Å². The normalized spacial score (nSPS) is 10.7. The van der Waals surface area contributed by atoms with Crippen molar-refractivity contribution in [2.75, 3.05) is 7.11 Å². The number of aromatic nitrogens is 4. The van der Waals surface area contributed by atoms with Gasteiger partial charge in [0.15, 0.2) is 0 Å². The van der Waals surface area contributed by atoms with Crippen LogP contribution in [0.15, 0.2) is 61.1 Å². The molecule has 0 unspecified atom stereocenters. The van der Waals surface area contributed by atoms with Gasteiger partial charge >= 0.3 is 0 Å². The van der Waals surface area contributed by atoms with Gasteiger partial charge in [-0.15, -0.1) is 0 Å². The van der Waals surface area contributed by atoms with Crippen molar-refractivity contribution in [2.45, 2.75) is 13.5 Å². The fourth-order valence-corrected chi connectivity index (χ4v) is 2.85. The van der Waals surface area contributed by atoms with E-state index in [1.807, 2.05) is 43.5 Å². The standard InChI is InChI=1S/C22H19FN4O2/c1-14-3-5-16(24-10-14)13-29-17-6-7-18(20(9-17)28-2)19-12-26-22(27-19)15-4-8-21(23)25-11-15/h3-12H,13H2,1-2H3,(H,26,27). The third kappa shape index (κ3) is 4.24. The Hall–Kier alpha value is -3.74. The molecule has 29 heavy (non-hydrogen) atoms. The maximum absolute atomic E-state index is 13.0. The summed E-state index contributed by atoms with van der Waals surface area (Å²) in [5, 5.41) is 0. The van der Waals surface area contributed by atoms with Crippen LogP contribution >= 0.6 is 0 Å². The minimum Gasteiger partial charge on any atom is -0.496 e. The number of hydrogen-bond acceptors (Lipinski definition) is 5. The van der Waals surface area contributed by atoms with Crippen molar-refractivity contribution in [3.8, 4) is 34.1 Å². The number of benzene rings is 1. The second-order valence-corrected chi connectivity index (χ2v) is 6.49. The number of methoxy groups -OCH3 is 1. The van der Waals surface area contributed by atoms with Crippen LogP contribution in [0.1, 0.15) is 11.3 Å². The molecule has 0 aliphatic heterocycles. The molecule has 1 N–H and O–H groups in total. The summed E-state index contributed by atoms with van der Waals surface area (Å²) >= 11 is 0.